The summed E-state index contributed by atoms with van der Waals surface area (Å²) in [7, 11) is 0. The van der Waals surface area contributed by atoms with Crippen LogP contribution in [-0.2, 0) is 0 Å². The third-order valence-electron chi connectivity index (χ3n) is 5.55. The first kappa shape index (κ1) is 19.0. The Morgan fingerprint density at radius 1 is 0.935 bits per heavy atom. The number of hydrogen-bond acceptors (Lipinski definition) is 4. The molecule has 7 heteroatoms. The van der Waals surface area contributed by atoms with Crippen molar-refractivity contribution in [2.24, 2.45) is 0 Å². The van der Waals surface area contributed by atoms with E-state index in [2.05, 4.69) is 34.2 Å². The molecule has 3 aromatic heterocycles. The van der Waals surface area contributed by atoms with Gasteiger partial charge in [-0.3, -0.25) is 4.68 Å². The van der Waals surface area contributed by atoms with E-state index in [1.165, 1.54) is 0 Å². The van der Waals surface area contributed by atoms with E-state index in [9.17, 15) is 0 Å². The van der Waals surface area contributed by atoms with E-state index >= 15 is 4.39 Å². The lowest BCUT2D eigenvalue weighted by molar-refractivity contribution is 0.560. The molecule has 0 fully saturated rings. The maximum absolute atomic E-state index is 15.7. The molecule has 1 unspecified atom stereocenters. The van der Waals surface area contributed by atoms with Crippen LogP contribution in [0.25, 0.3) is 27.9 Å². The number of nitrogens with two attached hydrogens (primary N) is 1. The Morgan fingerprint density at radius 3 is 2.52 bits per heavy atom. The topological polar surface area (TPSA) is 74.0 Å². The van der Waals surface area contributed by atoms with Crippen molar-refractivity contribution in [2.45, 2.75) is 19.9 Å². The van der Waals surface area contributed by atoms with Crippen molar-refractivity contribution in [3.63, 3.8) is 0 Å². The summed E-state index contributed by atoms with van der Waals surface area (Å²) in [5.41, 5.74) is 10.7. The van der Waals surface area contributed by atoms with Crippen molar-refractivity contribution < 1.29 is 4.39 Å². The van der Waals surface area contributed by atoms with Crippen LogP contribution in [0.15, 0.2) is 73.1 Å². The number of aromatic nitrogens is 5. The van der Waals surface area contributed by atoms with E-state index in [1.807, 2.05) is 42.1 Å². The van der Waals surface area contributed by atoms with Crippen LogP contribution in [0, 0.1) is 12.7 Å². The molecule has 154 valence electrons. The van der Waals surface area contributed by atoms with E-state index in [0.717, 1.165) is 16.8 Å². The third kappa shape index (κ3) is 3.34. The Balaban J connectivity index is 1.56. The molecule has 3 heterocycles. The predicted molar refractivity (Wildman–Crippen MR) is 119 cm³/mol. The quantitative estimate of drug-likeness (QED) is 0.456. The summed E-state index contributed by atoms with van der Waals surface area (Å²) in [5.74, 6) is -0.115. The minimum Gasteiger partial charge on any atom is -0.366 e. The van der Waals surface area contributed by atoms with Crippen molar-refractivity contribution >= 4 is 11.6 Å². The SMILES string of the molecule is Cc1nn(C(C)c2ccccc2)cc1-c1cccc(-c2ccn3nc(N)nc3c2)c1F. The number of halogens is 1. The number of aryl methyl sites for hydroxylation is 1. The molecule has 0 aliphatic heterocycles. The highest BCUT2D eigenvalue weighted by atomic mass is 19.1. The summed E-state index contributed by atoms with van der Waals surface area (Å²) in [6, 6.07) is 19.2. The van der Waals surface area contributed by atoms with Gasteiger partial charge in [0, 0.05) is 29.1 Å². The molecular weight excluding hydrogens is 391 g/mol. The molecule has 2 N–H and O–H groups in total. The second-order valence-corrected chi connectivity index (χ2v) is 7.55. The number of hydrogen-bond donors (Lipinski definition) is 1. The first-order valence-electron chi connectivity index (χ1n) is 10.0. The van der Waals surface area contributed by atoms with Gasteiger partial charge >= 0.3 is 0 Å². The molecule has 5 rings (SSSR count). The summed E-state index contributed by atoms with van der Waals surface area (Å²) in [6.45, 7) is 3.98. The van der Waals surface area contributed by atoms with Gasteiger partial charge in [-0.25, -0.2) is 8.91 Å². The molecule has 2 aromatic carbocycles. The number of pyridine rings is 1. The molecule has 0 amide bonds. The molecule has 1 atom stereocenters. The van der Waals surface area contributed by atoms with Crippen LogP contribution in [0.2, 0.25) is 0 Å². The number of anilines is 1. The first-order valence-corrected chi connectivity index (χ1v) is 10.0. The van der Waals surface area contributed by atoms with Gasteiger partial charge in [0.25, 0.3) is 0 Å². The summed E-state index contributed by atoms with van der Waals surface area (Å²) in [4.78, 5) is 4.17. The normalized spacial score (nSPS) is 12.4. The highest BCUT2D eigenvalue weighted by molar-refractivity contribution is 5.76. The van der Waals surface area contributed by atoms with E-state index in [4.69, 9.17) is 5.73 Å². The zero-order chi connectivity index (χ0) is 21.5. The van der Waals surface area contributed by atoms with Gasteiger partial charge < -0.3 is 5.73 Å². The highest BCUT2D eigenvalue weighted by Gasteiger charge is 2.18. The molecule has 0 bridgehead atoms. The van der Waals surface area contributed by atoms with Gasteiger partial charge in [0.2, 0.25) is 5.95 Å². The Bertz CT molecular complexity index is 1390. The predicted octanol–water partition coefficient (Wildman–Crippen LogP) is 4.90. The van der Waals surface area contributed by atoms with Crippen LogP contribution < -0.4 is 5.73 Å². The minimum atomic E-state index is -0.297. The van der Waals surface area contributed by atoms with Crippen molar-refractivity contribution in [2.75, 3.05) is 5.73 Å². The van der Waals surface area contributed by atoms with Gasteiger partial charge in [0.1, 0.15) is 5.82 Å². The van der Waals surface area contributed by atoms with Crippen LogP contribution in [0.1, 0.15) is 24.2 Å². The Hall–Kier alpha value is -4.00. The van der Waals surface area contributed by atoms with Crippen LogP contribution in [0.3, 0.4) is 0 Å². The smallest absolute Gasteiger partial charge is 0.240 e. The van der Waals surface area contributed by atoms with Crippen molar-refractivity contribution in [1.29, 1.82) is 0 Å². The number of rotatable bonds is 4. The van der Waals surface area contributed by atoms with Gasteiger partial charge in [-0.15, -0.1) is 5.10 Å². The number of fused-ring (bicyclic) bond motifs is 1. The van der Waals surface area contributed by atoms with Crippen LogP contribution >= 0.6 is 0 Å². The van der Waals surface area contributed by atoms with Crippen LogP contribution in [0.4, 0.5) is 10.3 Å². The molecule has 0 aliphatic carbocycles. The average Bonchev–Trinajstić information content (AvgIpc) is 3.35. The maximum Gasteiger partial charge on any atom is 0.240 e. The summed E-state index contributed by atoms with van der Waals surface area (Å²) < 4.78 is 19.1. The molecule has 0 saturated heterocycles. The molecule has 0 radical (unpaired) electrons. The molecule has 0 spiro atoms. The van der Waals surface area contributed by atoms with E-state index in [1.54, 1.807) is 35.0 Å². The largest absolute Gasteiger partial charge is 0.366 e. The molecular formula is C24H21FN6. The van der Waals surface area contributed by atoms with Crippen molar-refractivity contribution in [1.82, 2.24) is 24.4 Å². The Kier molecular flexibility index (Phi) is 4.51. The van der Waals surface area contributed by atoms with E-state index < -0.39 is 0 Å². The van der Waals surface area contributed by atoms with Crippen LogP contribution in [0.5, 0.6) is 0 Å². The Labute approximate surface area is 178 Å². The fourth-order valence-electron chi connectivity index (χ4n) is 3.86. The summed E-state index contributed by atoms with van der Waals surface area (Å²) in [5, 5.41) is 8.73. The Morgan fingerprint density at radius 2 is 1.71 bits per heavy atom. The lowest BCUT2D eigenvalue weighted by Gasteiger charge is -2.12. The zero-order valence-electron chi connectivity index (χ0n) is 17.2. The molecule has 6 nitrogen and oxygen atoms in total. The average molecular weight is 412 g/mol. The summed E-state index contributed by atoms with van der Waals surface area (Å²) >= 11 is 0. The lowest BCUT2D eigenvalue weighted by atomic mass is 9.99. The van der Waals surface area contributed by atoms with Crippen molar-refractivity contribution in [3.8, 4) is 22.3 Å². The van der Waals surface area contributed by atoms with Gasteiger partial charge in [0.15, 0.2) is 5.65 Å². The number of benzene rings is 2. The zero-order valence-corrected chi connectivity index (χ0v) is 17.2. The standard InChI is InChI=1S/C24H21FN6/c1-15-21(14-31(28-15)16(2)17-7-4-3-5-8-17)20-10-6-9-19(23(20)25)18-11-12-30-22(13-18)27-24(26)29-30/h3-14,16H,1-2H3,(H2,26,29). The maximum atomic E-state index is 15.7. The van der Waals surface area contributed by atoms with Gasteiger partial charge in [-0.2, -0.15) is 10.1 Å². The lowest BCUT2D eigenvalue weighted by Crippen LogP contribution is -2.07. The first-order chi connectivity index (χ1) is 15.0. The molecule has 5 aromatic rings. The van der Waals surface area contributed by atoms with Gasteiger partial charge in [-0.1, -0.05) is 48.5 Å². The van der Waals surface area contributed by atoms with Crippen LogP contribution in [-0.4, -0.2) is 24.4 Å². The van der Waals surface area contributed by atoms with Gasteiger partial charge in [0.05, 0.1) is 11.7 Å². The van der Waals surface area contributed by atoms with E-state index in [-0.39, 0.29) is 17.8 Å². The monoisotopic (exact) mass is 412 g/mol. The third-order valence-corrected chi connectivity index (χ3v) is 5.55. The highest BCUT2D eigenvalue weighted by Crippen LogP contribution is 2.33. The fraction of sp³-hybridized carbons (Fsp3) is 0.125. The molecule has 0 aliphatic rings. The van der Waals surface area contributed by atoms with E-state index in [0.29, 0.717) is 22.3 Å². The number of nitrogen functional groups attached to an aromatic ring is 1. The van der Waals surface area contributed by atoms with Crippen molar-refractivity contribution in [3.05, 3.63) is 90.1 Å². The second kappa shape index (κ2) is 7.36. The minimum absolute atomic E-state index is 0.0423. The second-order valence-electron chi connectivity index (χ2n) is 7.55. The molecule has 31 heavy (non-hydrogen) atoms. The van der Waals surface area contributed by atoms with Gasteiger partial charge in [-0.05, 0) is 37.1 Å². The summed E-state index contributed by atoms with van der Waals surface area (Å²) in [6.07, 6.45) is 3.64. The number of nitrogens with zero attached hydrogens (tertiary/aromatic N) is 5. The molecule has 0 saturated carbocycles. The fourth-order valence-corrected chi connectivity index (χ4v) is 3.86.